The van der Waals surface area contributed by atoms with Gasteiger partial charge in [-0.05, 0) is 35.1 Å². The number of rotatable bonds is 3. The number of halogens is 2. The quantitative estimate of drug-likeness (QED) is 0.611. The van der Waals surface area contributed by atoms with Gasteiger partial charge in [0.2, 0.25) is 0 Å². The van der Waals surface area contributed by atoms with E-state index in [0.29, 0.717) is 0 Å². The first kappa shape index (κ1) is 9.71. The van der Waals surface area contributed by atoms with Gasteiger partial charge in [-0.2, -0.15) is 0 Å². The van der Waals surface area contributed by atoms with Crippen molar-refractivity contribution in [2.24, 2.45) is 0 Å². The molecule has 0 unspecified atom stereocenters. The van der Waals surface area contributed by atoms with Crippen LogP contribution in [-0.4, -0.2) is 17.4 Å². The van der Waals surface area contributed by atoms with Crippen LogP contribution in [0, 0.1) is 0 Å². The molecular formula is C7H9Br2NS. The fourth-order valence-electron chi connectivity index (χ4n) is 0.745. The van der Waals surface area contributed by atoms with Crippen molar-refractivity contribution >= 4 is 43.2 Å². The second-order valence-electron chi connectivity index (χ2n) is 2.34. The molecule has 1 rings (SSSR count). The maximum atomic E-state index is 3.43. The van der Waals surface area contributed by atoms with E-state index in [9.17, 15) is 0 Å². The Morgan fingerprint density at radius 3 is 2.73 bits per heavy atom. The Hall–Kier alpha value is 0.620. The lowest BCUT2D eigenvalue weighted by atomic mass is 10.4. The summed E-state index contributed by atoms with van der Waals surface area (Å²) in [5, 5.41) is 0. The van der Waals surface area contributed by atoms with Gasteiger partial charge in [-0.15, -0.1) is 11.3 Å². The molecule has 1 nitrogen and oxygen atoms in total. The van der Waals surface area contributed by atoms with Crippen molar-refractivity contribution in [3.8, 4) is 0 Å². The molecule has 62 valence electrons. The molecule has 0 atom stereocenters. The van der Waals surface area contributed by atoms with Crippen LogP contribution in [0.4, 0.5) is 0 Å². The van der Waals surface area contributed by atoms with E-state index in [0.717, 1.165) is 12.0 Å². The van der Waals surface area contributed by atoms with Crippen LogP contribution in [0.5, 0.6) is 0 Å². The van der Waals surface area contributed by atoms with Crippen LogP contribution in [0.25, 0.3) is 0 Å². The summed E-state index contributed by atoms with van der Waals surface area (Å²) in [4.78, 5) is 3.59. The molecule has 1 aromatic rings. The molecule has 0 aliphatic carbocycles. The summed E-state index contributed by atoms with van der Waals surface area (Å²) in [6.07, 6.45) is 0. The zero-order valence-corrected chi connectivity index (χ0v) is 10.2. The molecule has 0 N–H and O–H groups in total. The number of thiophene rings is 1. The van der Waals surface area contributed by atoms with Crippen LogP contribution < -0.4 is 0 Å². The Labute approximate surface area is 87.7 Å². The normalized spacial score (nSPS) is 10.9. The van der Waals surface area contributed by atoms with Gasteiger partial charge in [0.25, 0.3) is 0 Å². The van der Waals surface area contributed by atoms with E-state index >= 15 is 0 Å². The van der Waals surface area contributed by atoms with Crippen LogP contribution in [0.15, 0.2) is 15.9 Å². The topological polar surface area (TPSA) is 3.24 Å². The second-order valence-corrected chi connectivity index (χ2v) is 5.39. The van der Waals surface area contributed by atoms with Gasteiger partial charge in [0.05, 0.1) is 9.24 Å². The van der Waals surface area contributed by atoms with E-state index < -0.39 is 0 Å². The first-order valence-corrected chi connectivity index (χ1v) is 5.94. The van der Waals surface area contributed by atoms with Crippen LogP contribution in [0.2, 0.25) is 0 Å². The van der Waals surface area contributed by atoms with Gasteiger partial charge in [0, 0.05) is 11.4 Å². The maximum Gasteiger partial charge on any atom is 0.0701 e. The van der Waals surface area contributed by atoms with Crippen molar-refractivity contribution < 1.29 is 0 Å². The lowest BCUT2D eigenvalue weighted by Gasteiger charge is -2.09. The first-order chi connectivity index (χ1) is 5.22. The summed E-state index contributed by atoms with van der Waals surface area (Å²) in [6, 6.07) is 4.23. The Balaban J connectivity index is 2.50. The summed E-state index contributed by atoms with van der Waals surface area (Å²) in [6.45, 7) is 1.02. The van der Waals surface area contributed by atoms with E-state index in [1.807, 2.05) is 0 Å². The molecule has 0 aliphatic heterocycles. The third-order valence-corrected chi connectivity index (χ3v) is 3.72. The van der Waals surface area contributed by atoms with Gasteiger partial charge in [0.15, 0.2) is 0 Å². The predicted octanol–water partition coefficient (Wildman–Crippen LogP) is 3.29. The van der Waals surface area contributed by atoms with Gasteiger partial charge in [-0.1, -0.05) is 15.9 Å². The summed E-state index contributed by atoms with van der Waals surface area (Å²) >= 11 is 8.62. The molecule has 1 heterocycles. The van der Waals surface area contributed by atoms with Crippen molar-refractivity contribution in [2.45, 2.75) is 6.54 Å². The van der Waals surface area contributed by atoms with Crippen molar-refractivity contribution in [1.29, 1.82) is 0 Å². The minimum atomic E-state index is 0.919. The summed E-state index contributed by atoms with van der Waals surface area (Å²) in [5.41, 5.74) is 0.919. The molecule has 0 amide bonds. The Kier molecular flexibility index (Phi) is 4.06. The third-order valence-electron chi connectivity index (χ3n) is 1.26. The van der Waals surface area contributed by atoms with Crippen molar-refractivity contribution in [1.82, 2.24) is 4.90 Å². The highest BCUT2D eigenvalue weighted by molar-refractivity contribution is 9.11. The predicted molar refractivity (Wildman–Crippen MR) is 57.3 cm³/mol. The molecule has 11 heavy (non-hydrogen) atoms. The molecule has 0 bridgehead atoms. The largest absolute Gasteiger partial charge is 0.291 e. The van der Waals surface area contributed by atoms with Crippen LogP contribution in [0.1, 0.15) is 4.88 Å². The van der Waals surface area contributed by atoms with Gasteiger partial charge in [-0.25, -0.2) is 0 Å². The molecule has 0 aliphatic rings. The third kappa shape index (κ3) is 3.23. The molecule has 0 radical (unpaired) electrons. The fourth-order valence-corrected chi connectivity index (χ4v) is 2.49. The SMILES string of the molecule is CN(CBr)Cc1ccc(Br)s1. The van der Waals surface area contributed by atoms with E-state index in [1.165, 1.54) is 8.66 Å². The fraction of sp³-hybridized carbons (Fsp3) is 0.429. The molecule has 0 fully saturated rings. The average molecular weight is 299 g/mol. The average Bonchev–Trinajstić information content (AvgIpc) is 2.35. The van der Waals surface area contributed by atoms with E-state index in [2.05, 4.69) is 55.9 Å². The van der Waals surface area contributed by atoms with Crippen molar-refractivity contribution in [3.63, 3.8) is 0 Å². The molecule has 0 spiro atoms. The summed E-state index contributed by atoms with van der Waals surface area (Å²) in [7, 11) is 2.09. The number of hydrogen-bond acceptors (Lipinski definition) is 2. The Bertz CT molecular complexity index is 224. The van der Waals surface area contributed by atoms with E-state index in [-0.39, 0.29) is 0 Å². The highest BCUT2D eigenvalue weighted by Gasteiger charge is 2.00. The standard InChI is InChI=1S/C7H9Br2NS/c1-10(5-8)4-6-2-3-7(9)11-6/h2-3H,4-5H2,1H3. The Morgan fingerprint density at radius 1 is 1.55 bits per heavy atom. The van der Waals surface area contributed by atoms with Gasteiger partial charge in [-0.3, -0.25) is 4.90 Å². The first-order valence-electron chi connectivity index (χ1n) is 3.21. The molecule has 4 heteroatoms. The zero-order chi connectivity index (χ0) is 8.27. The number of nitrogens with zero attached hydrogens (tertiary/aromatic N) is 1. The molecular weight excluding hydrogens is 290 g/mol. The van der Waals surface area contributed by atoms with Crippen molar-refractivity contribution in [3.05, 3.63) is 20.8 Å². The molecule has 0 saturated carbocycles. The summed E-state index contributed by atoms with van der Waals surface area (Å²) in [5.74, 6) is 0. The van der Waals surface area contributed by atoms with E-state index in [1.54, 1.807) is 11.3 Å². The smallest absolute Gasteiger partial charge is 0.0701 e. The number of alkyl halides is 1. The Morgan fingerprint density at radius 2 is 2.27 bits per heavy atom. The zero-order valence-electron chi connectivity index (χ0n) is 6.18. The minimum absolute atomic E-state index is 0.919. The highest BCUT2D eigenvalue weighted by atomic mass is 79.9. The molecule has 0 aromatic carbocycles. The minimum Gasteiger partial charge on any atom is -0.291 e. The lowest BCUT2D eigenvalue weighted by Crippen LogP contribution is -2.13. The van der Waals surface area contributed by atoms with Crippen LogP contribution >= 0.6 is 43.2 Å². The maximum absolute atomic E-state index is 3.43. The molecule has 1 aromatic heterocycles. The van der Waals surface area contributed by atoms with E-state index in [4.69, 9.17) is 0 Å². The highest BCUT2D eigenvalue weighted by Crippen LogP contribution is 2.22. The summed E-state index contributed by atoms with van der Waals surface area (Å²) < 4.78 is 1.20. The van der Waals surface area contributed by atoms with Gasteiger partial charge >= 0.3 is 0 Å². The monoisotopic (exact) mass is 297 g/mol. The van der Waals surface area contributed by atoms with Gasteiger partial charge in [0.1, 0.15) is 0 Å². The number of hydrogen-bond donors (Lipinski definition) is 0. The molecule has 0 saturated heterocycles. The van der Waals surface area contributed by atoms with Crippen molar-refractivity contribution in [2.75, 3.05) is 12.5 Å². The van der Waals surface area contributed by atoms with Gasteiger partial charge < -0.3 is 0 Å². The second kappa shape index (κ2) is 4.60. The lowest BCUT2D eigenvalue weighted by molar-refractivity contribution is 0.394. The van der Waals surface area contributed by atoms with Crippen LogP contribution in [-0.2, 0) is 6.54 Å². The van der Waals surface area contributed by atoms with Crippen LogP contribution in [0.3, 0.4) is 0 Å².